The van der Waals surface area contributed by atoms with E-state index in [4.69, 9.17) is 20.8 Å². The van der Waals surface area contributed by atoms with Crippen molar-refractivity contribution in [3.8, 4) is 5.75 Å². The Kier molecular flexibility index (Phi) is 6.48. The van der Waals surface area contributed by atoms with Crippen LogP contribution in [0.2, 0.25) is 5.02 Å². The summed E-state index contributed by atoms with van der Waals surface area (Å²) in [6, 6.07) is 8.86. The molecular formula is C18H16ClFN4O3S. The quantitative estimate of drug-likeness (QED) is 0.560. The fraction of sp³-hybridized carbons (Fsp3) is 0.222. The van der Waals surface area contributed by atoms with Crippen molar-refractivity contribution in [1.82, 2.24) is 15.2 Å². The maximum absolute atomic E-state index is 13.0. The number of anilines is 1. The first kappa shape index (κ1) is 20.1. The molecule has 10 heteroatoms. The number of hydrogen-bond donors (Lipinski definition) is 1. The van der Waals surface area contributed by atoms with Crippen molar-refractivity contribution in [2.24, 2.45) is 0 Å². The molecule has 7 nitrogen and oxygen atoms in total. The highest BCUT2D eigenvalue weighted by molar-refractivity contribution is 8.00. The highest BCUT2D eigenvalue weighted by Gasteiger charge is 2.21. The van der Waals surface area contributed by atoms with Crippen molar-refractivity contribution in [3.05, 3.63) is 59.3 Å². The van der Waals surface area contributed by atoms with Crippen LogP contribution >= 0.6 is 23.4 Å². The Bertz CT molecular complexity index is 937. The van der Waals surface area contributed by atoms with Gasteiger partial charge in [0.25, 0.3) is 11.1 Å². The van der Waals surface area contributed by atoms with E-state index in [9.17, 15) is 9.18 Å². The number of thioether (sulfide) groups is 1. The van der Waals surface area contributed by atoms with Crippen LogP contribution in [0.5, 0.6) is 5.75 Å². The monoisotopic (exact) mass is 422 g/mol. The summed E-state index contributed by atoms with van der Waals surface area (Å²) in [6.07, 6.45) is 0.914. The van der Waals surface area contributed by atoms with Gasteiger partial charge in [0.05, 0.1) is 10.3 Å². The molecule has 2 heterocycles. The SMILES string of the molecule is C[C@H](Oc1ccc(F)cc1)c1nnc(S[C@H](C)C(=O)Nc2ccc(Cl)cn2)o1. The number of amides is 1. The molecule has 0 aliphatic heterocycles. The van der Waals surface area contributed by atoms with Gasteiger partial charge in [0.15, 0.2) is 6.10 Å². The minimum atomic E-state index is -0.533. The van der Waals surface area contributed by atoms with E-state index in [1.807, 2.05) is 0 Å². The predicted octanol–water partition coefficient (Wildman–Crippen LogP) is 4.52. The van der Waals surface area contributed by atoms with E-state index < -0.39 is 11.4 Å². The average Bonchev–Trinajstić information content (AvgIpc) is 3.14. The highest BCUT2D eigenvalue weighted by Crippen LogP contribution is 2.27. The minimum absolute atomic E-state index is 0.233. The summed E-state index contributed by atoms with van der Waals surface area (Å²) >= 11 is 6.88. The first-order chi connectivity index (χ1) is 13.4. The summed E-state index contributed by atoms with van der Waals surface area (Å²) in [5.74, 6) is 0.505. The van der Waals surface area contributed by atoms with Crippen LogP contribution in [0.4, 0.5) is 10.2 Å². The number of pyridine rings is 1. The van der Waals surface area contributed by atoms with Gasteiger partial charge in [0, 0.05) is 6.20 Å². The number of nitrogens with zero attached hydrogens (tertiary/aromatic N) is 3. The van der Waals surface area contributed by atoms with E-state index in [1.165, 1.54) is 30.5 Å². The van der Waals surface area contributed by atoms with Gasteiger partial charge >= 0.3 is 0 Å². The largest absolute Gasteiger partial charge is 0.481 e. The Morgan fingerprint density at radius 1 is 1.21 bits per heavy atom. The van der Waals surface area contributed by atoms with E-state index in [1.54, 1.807) is 26.0 Å². The summed E-state index contributed by atoms with van der Waals surface area (Å²) in [4.78, 5) is 16.3. The fourth-order valence-electron chi connectivity index (χ4n) is 2.08. The van der Waals surface area contributed by atoms with Gasteiger partial charge in [-0.2, -0.15) is 0 Å². The van der Waals surface area contributed by atoms with Crippen LogP contribution in [0.25, 0.3) is 0 Å². The number of ether oxygens (including phenoxy) is 1. The molecule has 146 valence electrons. The third-order valence-electron chi connectivity index (χ3n) is 3.52. The number of halogens is 2. The van der Waals surface area contributed by atoms with Crippen LogP contribution < -0.4 is 10.1 Å². The average molecular weight is 423 g/mol. The third-order valence-corrected chi connectivity index (χ3v) is 4.68. The third kappa shape index (κ3) is 5.43. The van der Waals surface area contributed by atoms with Crippen LogP contribution in [0.1, 0.15) is 25.8 Å². The molecule has 2 aromatic heterocycles. The van der Waals surface area contributed by atoms with Gasteiger partial charge in [-0.1, -0.05) is 23.4 Å². The molecule has 0 fully saturated rings. The van der Waals surface area contributed by atoms with E-state index in [0.717, 1.165) is 11.8 Å². The van der Waals surface area contributed by atoms with Gasteiger partial charge in [-0.15, -0.1) is 10.2 Å². The molecule has 1 amide bonds. The predicted molar refractivity (Wildman–Crippen MR) is 103 cm³/mol. The fourth-order valence-corrected chi connectivity index (χ4v) is 2.88. The normalized spacial score (nSPS) is 13.0. The number of aromatic nitrogens is 3. The molecule has 3 rings (SSSR count). The number of rotatable bonds is 7. The zero-order valence-corrected chi connectivity index (χ0v) is 16.5. The molecule has 0 saturated carbocycles. The van der Waals surface area contributed by atoms with Gasteiger partial charge in [-0.3, -0.25) is 4.79 Å². The minimum Gasteiger partial charge on any atom is -0.481 e. The Labute approximate surface area is 169 Å². The zero-order valence-electron chi connectivity index (χ0n) is 14.9. The Morgan fingerprint density at radius 2 is 1.96 bits per heavy atom. The van der Waals surface area contributed by atoms with Gasteiger partial charge < -0.3 is 14.5 Å². The molecule has 1 aromatic carbocycles. The molecule has 0 bridgehead atoms. The van der Waals surface area contributed by atoms with E-state index >= 15 is 0 Å². The van der Waals surface area contributed by atoms with Crippen LogP contribution in [0, 0.1) is 5.82 Å². The molecular weight excluding hydrogens is 407 g/mol. The molecule has 0 unspecified atom stereocenters. The molecule has 0 aliphatic carbocycles. The van der Waals surface area contributed by atoms with Gasteiger partial charge in [0.2, 0.25) is 5.91 Å². The maximum atomic E-state index is 13.0. The summed E-state index contributed by atoms with van der Waals surface area (Å²) in [5, 5.41) is 10.8. The Morgan fingerprint density at radius 3 is 2.64 bits per heavy atom. The first-order valence-electron chi connectivity index (χ1n) is 8.25. The molecule has 2 atom stereocenters. The lowest BCUT2D eigenvalue weighted by Gasteiger charge is -2.11. The second-order valence-electron chi connectivity index (χ2n) is 5.73. The van der Waals surface area contributed by atoms with Crippen molar-refractivity contribution in [2.45, 2.75) is 30.4 Å². The molecule has 0 spiro atoms. The second kappa shape index (κ2) is 9.03. The lowest BCUT2D eigenvalue weighted by molar-refractivity contribution is -0.115. The van der Waals surface area contributed by atoms with E-state index in [-0.39, 0.29) is 22.8 Å². The van der Waals surface area contributed by atoms with E-state index in [0.29, 0.717) is 16.6 Å². The summed E-state index contributed by atoms with van der Waals surface area (Å²) in [6.45, 7) is 3.44. The zero-order chi connectivity index (χ0) is 20.1. The number of benzene rings is 1. The van der Waals surface area contributed by atoms with Gasteiger partial charge in [-0.25, -0.2) is 9.37 Å². The maximum Gasteiger partial charge on any atom is 0.277 e. The van der Waals surface area contributed by atoms with Crippen molar-refractivity contribution < 1.29 is 18.3 Å². The van der Waals surface area contributed by atoms with Crippen molar-refractivity contribution >= 4 is 35.1 Å². The van der Waals surface area contributed by atoms with Gasteiger partial charge in [-0.05, 0) is 50.2 Å². The number of carbonyl (C=O) groups excluding carboxylic acids is 1. The standard InChI is InChI=1S/C18H16ClFN4O3S/c1-10(26-14-6-4-13(20)5-7-14)17-23-24-18(27-17)28-11(2)16(25)22-15-8-3-12(19)9-21-15/h3-11H,1-2H3,(H,21,22,25)/t10-,11+/m0/s1. The molecule has 1 N–H and O–H groups in total. The molecule has 0 saturated heterocycles. The highest BCUT2D eigenvalue weighted by atomic mass is 35.5. The lowest BCUT2D eigenvalue weighted by atomic mass is 10.3. The van der Waals surface area contributed by atoms with Crippen LogP contribution in [0.3, 0.4) is 0 Å². The van der Waals surface area contributed by atoms with E-state index in [2.05, 4.69) is 20.5 Å². The molecule has 3 aromatic rings. The van der Waals surface area contributed by atoms with Crippen molar-refractivity contribution in [3.63, 3.8) is 0 Å². The van der Waals surface area contributed by atoms with Crippen LogP contribution in [-0.2, 0) is 4.79 Å². The summed E-state index contributed by atoms with van der Waals surface area (Å²) in [7, 11) is 0. The Hall–Kier alpha value is -2.65. The smallest absolute Gasteiger partial charge is 0.277 e. The van der Waals surface area contributed by atoms with Crippen molar-refractivity contribution in [2.75, 3.05) is 5.32 Å². The van der Waals surface area contributed by atoms with Crippen LogP contribution in [-0.4, -0.2) is 26.3 Å². The lowest BCUT2D eigenvalue weighted by Crippen LogP contribution is -2.22. The topological polar surface area (TPSA) is 90.1 Å². The Balaban J connectivity index is 1.56. The summed E-state index contributed by atoms with van der Waals surface area (Å²) < 4.78 is 24.1. The molecule has 0 radical (unpaired) electrons. The van der Waals surface area contributed by atoms with Gasteiger partial charge in [0.1, 0.15) is 17.4 Å². The molecule has 0 aliphatic rings. The number of hydrogen-bond acceptors (Lipinski definition) is 7. The first-order valence-corrected chi connectivity index (χ1v) is 9.51. The number of carbonyl (C=O) groups is 1. The summed E-state index contributed by atoms with van der Waals surface area (Å²) in [5.41, 5.74) is 0. The van der Waals surface area contributed by atoms with Crippen molar-refractivity contribution in [1.29, 1.82) is 0 Å². The number of nitrogens with one attached hydrogen (secondary N) is 1. The van der Waals surface area contributed by atoms with Crippen LogP contribution in [0.15, 0.2) is 52.2 Å². The molecule has 28 heavy (non-hydrogen) atoms. The second-order valence-corrected chi connectivity index (χ2v) is 7.46.